The van der Waals surface area contributed by atoms with E-state index in [0.717, 1.165) is 19.3 Å². The van der Waals surface area contributed by atoms with Crippen molar-refractivity contribution in [1.29, 1.82) is 0 Å². The van der Waals surface area contributed by atoms with Crippen LogP contribution in [0.5, 0.6) is 0 Å². The van der Waals surface area contributed by atoms with Gasteiger partial charge in [0.2, 0.25) is 0 Å². The quantitative estimate of drug-likeness (QED) is 0.746. The average molecular weight is 264 g/mol. The number of rotatable bonds is 5. The van der Waals surface area contributed by atoms with E-state index in [1.807, 2.05) is 11.3 Å². The summed E-state index contributed by atoms with van der Waals surface area (Å²) in [7, 11) is 0. The molecule has 0 radical (unpaired) electrons. The Hall–Kier alpha value is -0.630. The van der Waals surface area contributed by atoms with Crippen molar-refractivity contribution in [2.24, 2.45) is 11.8 Å². The number of ketones is 1. The fourth-order valence-corrected chi connectivity index (χ4v) is 4.18. The molecule has 1 nitrogen and oxygen atoms in total. The minimum Gasteiger partial charge on any atom is -0.299 e. The first kappa shape index (κ1) is 13.8. The molecule has 0 fully saturated rings. The molecule has 0 saturated carbocycles. The summed E-state index contributed by atoms with van der Waals surface area (Å²) in [5, 5.41) is 2.15. The molecule has 1 heterocycles. The van der Waals surface area contributed by atoms with Crippen LogP contribution in [0, 0.1) is 11.8 Å². The van der Waals surface area contributed by atoms with Crippen molar-refractivity contribution in [2.45, 2.75) is 58.8 Å². The van der Waals surface area contributed by atoms with Gasteiger partial charge >= 0.3 is 0 Å². The van der Waals surface area contributed by atoms with Crippen LogP contribution < -0.4 is 0 Å². The van der Waals surface area contributed by atoms with Crippen molar-refractivity contribution < 1.29 is 4.79 Å². The Balaban J connectivity index is 1.99. The Bertz CT molecular complexity index is 405. The van der Waals surface area contributed by atoms with Crippen LogP contribution in [0.4, 0.5) is 0 Å². The number of Topliss-reactive ketones (excluding diaryl/α,β-unsaturated/α-hetero) is 1. The van der Waals surface area contributed by atoms with Crippen LogP contribution in [0.25, 0.3) is 0 Å². The molecule has 0 N–H and O–H groups in total. The second-order valence-electron chi connectivity index (χ2n) is 6.15. The lowest BCUT2D eigenvalue weighted by Gasteiger charge is -2.23. The van der Waals surface area contributed by atoms with Gasteiger partial charge in [0.15, 0.2) is 0 Å². The Morgan fingerprint density at radius 3 is 2.94 bits per heavy atom. The second kappa shape index (κ2) is 6.01. The number of aryl methyl sites for hydroxylation is 1. The molecule has 100 valence electrons. The summed E-state index contributed by atoms with van der Waals surface area (Å²) < 4.78 is 0. The highest BCUT2D eigenvalue weighted by molar-refractivity contribution is 7.10. The van der Waals surface area contributed by atoms with E-state index in [0.29, 0.717) is 17.6 Å². The summed E-state index contributed by atoms with van der Waals surface area (Å²) in [5.41, 5.74) is 1.34. The van der Waals surface area contributed by atoms with E-state index < -0.39 is 0 Å². The standard InChI is InChI=1S/C16H24OS/c1-11(2)9-12(3)10-15(17)13-5-4-6-16-14(13)7-8-18-16/h7-8,11-13H,4-6,9-10H2,1-3H3. The molecule has 0 saturated heterocycles. The zero-order valence-electron chi connectivity index (χ0n) is 11.7. The zero-order chi connectivity index (χ0) is 13.1. The maximum absolute atomic E-state index is 12.5. The second-order valence-corrected chi connectivity index (χ2v) is 7.15. The molecule has 1 aromatic heterocycles. The van der Waals surface area contributed by atoms with E-state index in [1.54, 1.807) is 0 Å². The molecule has 0 aromatic carbocycles. The first-order valence-electron chi connectivity index (χ1n) is 7.17. The highest BCUT2D eigenvalue weighted by Crippen LogP contribution is 2.36. The van der Waals surface area contributed by atoms with E-state index in [9.17, 15) is 4.79 Å². The van der Waals surface area contributed by atoms with Crippen molar-refractivity contribution >= 4 is 17.1 Å². The van der Waals surface area contributed by atoms with Crippen LogP contribution in [0.2, 0.25) is 0 Å². The maximum Gasteiger partial charge on any atom is 0.140 e. The van der Waals surface area contributed by atoms with Crippen LogP contribution in [0.3, 0.4) is 0 Å². The molecule has 2 atom stereocenters. The van der Waals surface area contributed by atoms with E-state index in [-0.39, 0.29) is 5.92 Å². The summed E-state index contributed by atoms with van der Waals surface area (Å²) in [4.78, 5) is 13.9. The minimum absolute atomic E-state index is 0.203. The van der Waals surface area contributed by atoms with Gasteiger partial charge in [-0.2, -0.15) is 0 Å². The molecule has 2 unspecified atom stereocenters. The number of hydrogen-bond acceptors (Lipinski definition) is 2. The largest absolute Gasteiger partial charge is 0.299 e. The fourth-order valence-electron chi connectivity index (χ4n) is 3.19. The predicted octanol–water partition coefficient (Wildman–Crippen LogP) is 4.81. The highest BCUT2D eigenvalue weighted by Gasteiger charge is 2.27. The Labute approximate surface area is 115 Å². The van der Waals surface area contributed by atoms with Crippen molar-refractivity contribution in [3.8, 4) is 0 Å². The number of hydrogen-bond donors (Lipinski definition) is 0. The summed E-state index contributed by atoms with van der Waals surface area (Å²) in [6.07, 6.45) is 5.35. The molecule has 0 spiro atoms. The molecule has 1 aliphatic rings. The maximum atomic E-state index is 12.5. The summed E-state index contributed by atoms with van der Waals surface area (Å²) in [5.74, 6) is 1.90. The Morgan fingerprint density at radius 1 is 1.44 bits per heavy atom. The van der Waals surface area contributed by atoms with Gasteiger partial charge < -0.3 is 0 Å². The van der Waals surface area contributed by atoms with Gasteiger partial charge in [0, 0.05) is 17.2 Å². The van der Waals surface area contributed by atoms with Crippen LogP contribution in [-0.2, 0) is 11.2 Å². The van der Waals surface area contributed by atoms with Crippen LogP contribution >= 0.6 is 11.3 Å². The minimum atomic E-state index is 0.203. The van der Waals surface area contributed by atoms with Crippen molar-refractivity contribution in [2.75, 3.05) is 0 Å². The number of carbonyl (C=O) groups is 1. The monoisotopic (exact) mass is 264 g/mol. The molecule has 1 aromatic rings. The van der Waals surface area contributed by atoms with Gasteiger partial charge in [-0.1, -0.05) is 20.8 Å². The molecule has 18 heavy (non-hydrogen) atoms. The third-order valence-electron chi connectivity index (χ3n) is 3.86. The molecule has 1 aliphatic carbocycles. The summed E-state index contributed by atoms with van der Waals surface area (Å²) >= 11 is 1.82. The lowest BCUT2D eigenvalue weighted by atomic mass is 9.81. The topological polar surface area (TPSA) is 17.1 Å². The predicted molar refractivity (Wildman–Crippen MR) is 78.2 cm³/mol. The first-order chi connectivity index (χ1) is 8.58. The summed E-state index contributed by atoms with van der Waals surface area (Å²) in [6, 6.07) is 2.18. The van der Waals surface area contributed by atoms with E-state index in [2.05, 4.69) is 32.2 Å². The number of fused-ring (bicyclic) bond motifs is 1. The van der Waals surface area contributed by atoms with Crippen LogP contribution in [0.1, 0.15) is 62.8 Å². The highest BCUT2D eigenvalue weighted by atomic mass is 32.1. The normalized spacial score (nSPS) is 20.8. The lowest BCUT2D eigenvalue weighted by molar-refractivity contribution is -0.121. The number of thiophene rings is 1. The van der Waals surface area contributed by atoms with E-state index in [1.165, 1.54) is 23.3 Å². The smallest absolute Gasteiger partial charge is 0.140 e. The zero-order valence-corrected chi connectivity index (χ0v) is 12.6. The fraction of sp³-hybridized carbons (Fsp3) is 0.688. The molecule has 0 bridgehead atoms. The molecule has 0 amide bonds. The first-order valence-corrected chi connectivity index (χ1v) is 8.05. The molecule has 0 aliphatic heterocycles. The van der Waals surface area contributed by atoms with E-state index >= 15 is 0 Å². The van der Waals surface area contributed by atoms with Crippen molar-refractivity contribution in [3.63, 3.8) is 0 Å². The van der Waals surface area contributed by atoms with Crippen LogP contribution in [0.15, 0.2) is 11.4 Å². The van der Waals surface area contributed by atoms with Crippen molar-refractivity contribution in [1.82, 2.24) is 0 Å². The third kappa shape index (κ3) is 3.23. The van der Waals surface area contributed by atoms with Gasteiger partial charge in [0.1, 0.15) is 5.78 Å². The van der Waals surface area contributed by atoms with Crippen molar-refractivity contribution in [3.05, 3.63) is 21.9 Å². The lowest BCUT2D eigenvalue weighted by Crippen LogP contribution is -2.19. The molecule has 2 heteroatoms. The Kier molecular flexibility index (Phi) is 4.60. The molecular weight excluding hydrogens is 240 g/mol. The van der Waals surface area contributed by atoms with Gasteiger partial charge in [-0.05, 0) is 54.5 Å². The molecular formula is C16H24OS. The van der Waals surface area contributed by atoms with E-state index in [4.69, 9.17) is 0 Å². The van der Waals surface area contributed by atoms with Gasteiger partial charge in [-0.3, -0.25) is 4.79 Å². The Morgan fingerprint density at radius 2 is 2.22 bits per heavy atom. The van der Waals surface area contributed by atoms with Gasteiger partial charge in [0.25, 0.3) is 0 Å². The third-order valence-corrected chi connectivity index (χ3v) is 4.86. The van der Waals surface area contributed by atoms with Gasteiger partial charge in [-0.15, -0.1) is 11.3 Å². The number of carbonyl (C=O) groups excluding carboxylic acids is 1. The van der Waals surface area contributed by atoms with Gasteiger partial charge in [-0.25, -0.2) is 0 Å². The molecule has 2 rings (SSSR count). The SMILES string of the molecule is CC(C)CC(C)CC(=O)C1CCCc2sccc21. The van der Waals surface area contributed by atoms with Gasteiger partial charge in [0.05, 0.1) is 0 Å². The summed E-state index contributed by atoms with van der Waals surface area (Å²) in [6.45, 7) is 6.69. The average Bonchev–Trinajstić information content (AvgIpc) is 2.74. The van der Waals surface area contributed by atoms with Crippen LogP contribution in [-0.4, -0.2) is 5.78 Å².